The van der Waals surface area contributed by atoms with Gasteiger partial charge >= 0.3 is 0 Å². The summed E-state index contributed by atoms with van der Waals surface area (Å²) in [5, 5.41) is 0.838. The Hall–Kier alpha value is -1.78. The van der Waals surface area contributed by atoms with Crippen LogP contribution in [0.25, 0.3) is 16.9 Å². The predicted octanol–water partition coefficient (Wildman–Crippen LogP) is 4.03. The number of aromatic nitrogens is 2. The number of halogens is 3. The largest absolute Gasteiger partial charge is 0.383 e. The van der Waals surface area contributed by atoms with Gasteiger partial charge in [0.15, 0.2) is 0 Å². The molecule has 0 aliphatic heterocycles. The molecule has 96 valence electrons. The first-order chi connectivity index (χ1) is 9.04. The summed E-state index contributed by atoms with van der Waals surface area (Å²) in [5.74, 6) is -0.0452. The maximum Gasteiger partial charge on any atom is 0.139 e. The summed E-state index contributed by atoms with van der Waals surface area (Å²) in [6.07, 6.45) is 1.66. The minimum Gasteiger partial charge on any atom is -0.383 e. The molecule has 2 aromatic heterocycles. The fraction of sp³-hybridized carbons (Fsp3) is 0. The van der Waals surface area contributed by atoms with Gasteiger partial charge in [-0.3, -0.25) is 4.40 Å². The molecular weight excluding hydrogens is 288 g/mol. The van der Waals surface area contributed by atoms with Crippen LogP contribution < -0.4 is 5.73 Å². The van der Waals surface area contributed by atoms with Crippen LogP contribution in [-0.4, -0.2) is 9.38 Å². The fourth-order valence-electron chi connectivity index (χ4n) is 1.94. The minimum absolute atomic E-state index is 0.296. The number of fused-ring (bicyclic) bond motifs is 1. The van der Waals surface area contributed by atoms with Crippen LogP contribution in [0, 0.1) is 5.82 Å². The van der Waals surface area contributed by atoms with E-state index in [1.807, 2.05) is 0 Å². The Morgan fingerprint density at radius 2 is 1.89 bits per heavy atom. The summed E-state index contributed by atoms with van der Waals surface area (Å²) in [7, 11) is 0. The molecule has 0 aliphatic rings. The second-order valence-electron chi connectivity index (χ2n) is 4.08. The average Bonchev–Trinajstić information content (AvgIpc) is 2.66. The van der Waals surface area contributed by atoms with E-state index < -0.39 is 5.82 Å². The van der Waals surface area contributed by atoms with Gasteiger partial charge in [-0.1, -0.05) is 23.2 Å². The lowest BCUT2D eigenvalue weighted by molar-refractivity contribution is 0.628. The number of nitrogens with two attached hydrogens (primary N) is 1. The molecule has 0 fully saturated rings. The maximum atomic E-state index is 13.4. The van der Waals surface area contributed by atoms with E-state index in [1.54, 1.807) is 28.8 Å². The Bertz CT molecular complexity index is 763. The first-order valence-electron chi connectivity index (χ1n) is 5.44. The Morgan fingerprint density at radius 1 is 1.11 bits per heavy atom. The molecule has 0 amide bonds. The van der Waals surface area contributed by atoms with E-state index in [1.165, 1.54) is 12.1 Å². The van der Waals surface area contributed by atoms with E-state index >= 15 is 0 Å². The van der Waals surface area contributed by atoms with Gasteiger partial charge in [0.1, 0.15) is 23.0 Å². The number of benzene rings is 1. The van der Waals surface area contributed by atoms with Crippen molar-refractivity contribution in [1.29, 1.82) is 0 Å². The van der Waals surface area contributed by atoms with Gasteiger partial charge < -0.3 is 5.73 Å². The Balaban J connectivity index is 2.27. The SMILES string of the molecule is Nc1c(-c2cc(F)cc(Cl)c2)nc2ccc(Cl)cn12. The van der Waals surface area contributed by atoms with Gasteiger partial charge in [-0.15, -0.1) is 0 Å². The molecule has 3 nitrogen and oxygen atoms in total. The third kappa shape index (κ3) is 2.13. The van der Waals surface area contributed by atoms with Crippen molar-refractivity contribution in [1.82, 2.24) is 9.38 Å². The summed E-state index contributed by atoms with van der Waals surface area (Å²) in [6, 6.07) is 7.64. The molecule has 3 rings (SSSR count). The zero-order chi connectivity index (χ0) is 13.6. The molecule has 0 unspecified atom stereocenters. The van der Waals surface area contributed by atoms with E-state index in [2.05, 4.69) is 4.98 Å². The molecule has 2 heterocycles. The molecule has 6 heteroatoms. The van der Waals surface area contributed by atoms with Gasteiger partial charge in [0.2, 0.25) is 0 Å². The van der Waals surface area contributed by atoms with Crippen LogP contribution >= 0.6 is 23.2 Å². The highest BCUT2D eigenvalue weighted by molar-refractivity contribution is 6.31. The van der Waals surface area contributed by atoms with Gasteiger partial charge in [-0.05, 0) is 30.3 Å². The standard InChI is InChI=1S/C13H8Cl2FN3/c14-8-1-2-11-18-12(13(17)19(11)6-8)7-3-9(15)5-10(16)4-7/h1-6H,17H2. The monoisotopic (exact) mass is 295 g/mol. The molecule has 0 atom stereocenters. The van der Waals surface area contributed by atoms with Crippen molar-refractivity contribution < 1.29 is 4.39 Å². The zero-order valence-electron chi connectivity index (χ0n) is 9.57. The first kappa shape index (κ1) is 12.3. The summed E-state index contributed by atoms with van der Waals surface area (Å²) < 4.78 is 15.0. The molecule has 0 radical (unpaired) electrons. The first-order valence-corrected chi connectivity index (χ1v) is 6.20. The van der Waals surface area contributed by atoms with Crippen LogP contribution in [0.1, 0.15) is 0 Å². The third-order valence-corrected chi connectivity index (χ3v) is 3.20. The summed E-state index contributed by atoms with van der Waals surface area (Å²) >= 11 is 11.8. The summed E-state index contributed by atoms with van der Waals surface area (Å²) in [5.41, 5.74) is 7.66. The molecule has 19 heavy (non-hydrogen) atoms. The van der Waals surface area contributed by atoms with Crippen molar-refractivity contribution >= 4 is 34.7 Å². The Labute approximate surface area is 118 Å². The lowest BCUT2D eigenvalue weighted by Crippen LogP contribution is -1.94. The molecule has 0 aliphatic carbocycles. The molecule has 0 saturated heterocycles. The Kier molecular flexibility index (Phi) is 2.84. The zero-order valence-corrected chi connectivity index (χ0v) is 11.1. The topological polar surface area (TPSA) is 43.3 Å². The van der Waals surface area contributed by atoms with Crippen molar-refractivity contribution in [3.8, 4) is 11.3 Å². The molecule has 0 saturated carbocycles. The van der Waals surface area contributed by atoms with E-state index in [0.29, 0.717) is 32.8 Å². The lowest BCUT2D eigenvalue weighted by Gasteiger charge is -2.01. The van der Waals surface area contributed by atoms with Gasteiger partial charge in [0.05, 0.1) is 5.02 Å². The summed E-state index contributed by atoms with van der Waals surface area (Å²) in [4.78, 5) is 4.36. The van der Waals surface area contributed by atoms with Crippen LogP contribution in [-0.2, 0) is 0 Å². The molecule has 0 spiro atoms. The number of hydrogen-bond acceptors (Lipinski definition) is 2. The summed E-state index contributed by atoms with van der Waals surface area (Å²) in [6.45, 7) is 0. The van der Waals surface area contributed by atoms with E-state index in [0.717, 1.165) is 0 Å². The van der Waals surface area contributed by atoms with E-state index in [9.17, 15) is 4.39 Å². The van der Waals surface area contributed by atoms with Crippen molar-refractivity contribution in [2.24, 2.45) is 0 Å². The van der Waals surface area contributed by atoms with Crippen LogP contribution in [0.3, 0.4) is 0 Å². The third-order valence-electron chi connectivity index (χ3n) is 2.76. The highest BCUT2D eigenvalue weighted by Crippen LogP contribution is 2.29. The van der Waals surface area contributed by atoms with Crippen LogP contribution in [0.5, 0.6) is 0 Å². The average molecular weight is 296 g/mol. The number of rotatable bonds is 1. The maximum absolute atomic E-state index is 13.4. The lowest BCUT2D eigenvalue weighted by atomic mass is 10.1. The van der Waals surface area contributed by atoms with Crippen molar-refractivity contribution in [3.05, 3.63) is 52.4 Å². The van der Waals surface area contributed by atoms with Crippen LogP contribution in [0.15, 0.2) is 36.5 Å². The molecule has 2 N–H and O–H groups in total. The number of imidazole rings is 1. The van der Waals surface area contributed by atoms with Crippen LogP contribution in [0.4, 0.5) is 10.2 Å². The predicted molar refractivity (Wildman–Crippen MR) is 75.0 cm³/mol. The van der Waals surface area contributed by atoms with Gasteiger partial charge in [-0.2, -0.15) is 0 Å². The number of pyridine rings is 1. The molecule has 1 aromatic carbocycles. The van der Waals surface area contributed by atoms with Gasteiger partial charge in [0.25, 0.3) is 0 Å². The smallest absolute Gasteiger partial charge is 0.139 e. The highest BCUT2D eigenvalue weighted by atomic mass is 35.5. The number of nitrogens with zero attached hydrogens (tertiary/aromatic N) is 2. The normalized spacial score (nSPS) is 11.1. The van der Waals surface area contributed by atoms with E-state index in [-0.39, 0.29) is 0 Å². The Morgan fingerprint density at radius 3 is 2.63 bits per heavy atom. The molecule has 3 aromatic rings. The molecular formula is C13H8Cl2FN3. The second-order valence-corrected chi connectivity index (χ2v) is 4.95. The second kappa shape index (κ2) is 4.40. The minimum atomic E-state index is -0.433. The number of nitrogen functional groups attached to an aromatic ring is 1. The van der Waals surface area contributed by atoms with Gasteiger partial charge in [-0.25, -0.2) is 9.37 Å². The number of hydrogen-bond donors (Lipinski definition) is 1. The number of anilines is 1. The highest BCUT2D eigenvalue weighted by Gasteiger charge is 2.13. The van der Waals surface area contributed by atoms with E-state index in [4.69, 9.17) is 28.9 Å². The fourth-order valence-corrected chi connectivity index (χ4v) is 2.32. The van der Waals surface area contributed by atoms with Crippen LogP contribution in [0.2, 0.25) is 10.0 Å². The van der Waals surface area contributed by atoms with Crippen molar-refractivity contribution in [2.75, 3.05) is 5.73 Å². The van der Waals surface area contributed by atoms with Crippen molar-refractivity contribution in [3.63, 3.8) is 0 Å². The van der Waals surface area contributed by atoms with Gasteiger partial charge in [0, 0.05) is 16.8 Å². The van der Waals surface area contributed by atoms with Crippen molar-refractivity contribution in [2.45, 2.75) is 0 Å². The quantitative estimate of drug-likeness (QED) is 0.736. The molecule has 0 bridgehead atoms.